The Balaban J connectivity index is 1.52. The molecule has 0 spiro atoms. The van der Waals surface area contributed by atoms with Crippen LogP contribution >= 0.6 is 11.8 Å². The number of rotatable bonds is 5. The monoisotopic (exact) mass is 361 g/mol. The average molecular weight is 361 g/mol. The van der Waals surface area contributed by atoms with E-state index >= 15 is 0 Å². The Labute approximate surface area is 151 Å². The summed E-state index contributed by atoms with van der Waals surface area (Å²) in [5, 5.41) is 5.79. The van der Waals surface area contributed by atoms with Gasteiger partial charge in [0.15, 0.2) is 5.17 Å². The minimum atomic E-state index is -0.436. The van der Waals surface area contributed by atoms with Crippen LogP contribution < -0.4 is 10.6 Å². The largest absolute Gasteiger partial charge is 0.376 e. The number of hydrogen-bond donors (Lipinski definition) is 2. The molecule has 6 nitrogen and oxygen atoms in total. The number of nitrogens with zero attached hydrogens (tertiary/aromatic N) is 1. The molecule has 0 unspecified atom stereocenters. The minimum absolute atomic E-state index is 0.128. The number of carbonyl (C=O) groups excluding carboxylic acids is 2. The van der Waals surface area contributed by atoms with Gasteiger partial charge in [0.1, 0.15) is 5.25 Å². The fraction of sp³-hybridized carbons (Fsp3) is 0.500. The van der Waals surface area contributed by atoms with Crippen molar-refractivity contribution in [2.45, 2.75) is 44.5 Å². The lowest BCUT2D eigenvalue weighted by molar-refractivity contribution is -0.122. The second-order valence-corrected chi connectivity index (χ2v) is 7.64. The van der Waals surface area contributed by atoms with Gasteiger partial charge in [-0.25, -0.2) is 0 Å². The molecule has 2 heterocycles. The highest BCUT2D eigenvalue weighted by Crippen LogP contribution is 2.24. The van der Waals surface area contributed by atoms with E-state index in [2.05, 4.69) is 15.6 Å². The van der Waals surface area contributed by atoms with Crippen molar-refractivity contribution in [3.8, 4) is 0 Å². The van der Waals surface area contributed by atoms with Crippen molar-refractivity contribution >= 4 is 34.4 Å². The van der Waals surface area contributed by atoms with Crippen molar-refractivity contribution in [1.29, 1.82) is 0 Å². The quantitative estimate of drug-likeness (QED) is 0.844. The van der Waals surface area contributed by atoms with Gasteiger partial charge in [-0.2, -0.15) is 0 Å². The number of ether oxygens (including phenoxy) is 1. The molecule has 0 aliphatic carbocycles. The molecule has 1 aromatic carbocycles. The van der Waals surface area contributed by atoms with Gasteiger partial charge >= 0.3 is 0 Å². The summed E-state index contributed by atoms with van der Waals surface area (Å²) in [6, 6.07) is 5.86. The normalized spacial score (nSPS) is 24.6. The number of nitrogens with one attached hydrogen (secondary N) is 2. The molecule has 0 saturated carbocycles. The zero-order chi connectivity index (χ0) is 17.8. The Bertz CT molecular complexity index is 699. The van der Waals surface area contributed by atoms with Crippen molar-refractivity contribution < 1.29 is 14.3 Å². The number of carbonyl (C=O) groups is 2. The first kappa shape index (κ1) is 17.9. The summed E-state index contributed by atoms with van der Waals surface area (Å²) < 4.78 is 5.52. The molecule has 2 saturated heterocycles. The molecule has 1 aromatic rings. The van der Waals surface area contributed by atoms with Gasteiger partial charge in [-0.15, -0.1) is 0 Å². The van der Waals surface area contributed by atoms with Crippen LogP contribution in [0.2, 0.25) is 0 Å². The van der Waals surface area contributed by atoms with Gasteiger partial charge in [0.25, 0.3) is 0 Å². The van der Waals surface area contributed by atoms with Gasteiger partial charge in [-0.1, -0.05) is 29.5 Å². The number of thioether (sulfide) groups is 1. The molecule has 0 radical (unpaired) electrons. The summed E-state index contributed by atoms with van der Waals surface area (Å²) in [6.07, 6.45) is 2.35. The lowest BCUT2D eigenvalue weighted by atomic mass is 10.1. The fourth-order valence-electron chi connectivity index (χ4n) is 2.91. The molecule has 2 atom stereocenters. The van der Waals surface area contributed by atoms with E-state index in [-0.39, 0.29) is 24.3 Å². The molecule has 2 aliphatic heterocycles. The van der Waals surface area contributed by atoms with Crippen LogP contribution in [0.3, 0.4) is 0 Å². The highest BCUT2D eigenvalue weighted by atomic mass is 32.2. The van der Waals surface area contributed by atoms with Crippen LogP contribution in [-0.4, -0.2) is 41.5 Å². The van der Waals surface area contributed by atoms with Crippen LogP contribution in [0.15, 0.2) is 23.2 Å². The predicted octanol–water partition coefficient (Wildman–Crippen LogP) is 2.40. The standard InChI is InChI=1S/C18H23N3O3S/c1-11-5-6-14(12(2)8-11)20-16(22)9-15-17(23)21-18(25-15)19-10-13-4-3-7-24-13/h5-6,8,13,15H,3-4,7,9-10H2,1-2H3,(H,20,22)(H,19,21,23)/t13-,15-/m1/s1. The molecule has 25 heavy (non-hydrogen) atoms. The maximum Gasteiger partial charge on any atom is 0.240 e. The molecule has 2 amide bonds. The van der Waals surface area contributed by atoms with Gasteiger partial charge in [-0.3, -0.25) is 14.6 Å². The van der Waals surface area contributed by atoms with Crippen molar-refractivity contribution in [3.05, 3.63) is 29.3 Å². The molecule has 3 rings (SSSR count). The maximum atomic E-state index is 12.3. The maximum absolute atomic E-state index is 12.3. The van der Waals surface area contributed by atoms with Gasteiger partial charge in [0, 0.05) is 18.7 Å². The topological polar surface area (TPSA) is 79.8 Å². The second-order valence-electron chi connectivity index (χ2n) is 6.45. The summed E-state index contributed by atoms with van der Waals surface area (Å²) in [6.45, 7) is 5.31. The summed E-state index contributed by atoms with van der Waals surface area (Å²) in [4.78, 5) is 28.7. The van der Waals surface area contributed by atoms with Gasteiger partial charge in [-0.05, 0) is 38.3 Å². The first-order valence-corrected chi connectivity index (χ1v) is 9.40. The Hall–Kier alpha value is -1.86. The molecule has 2 N–H and O–H groups in total. The summed E-state index contributed by atoms with van der Waals surface area (Å²) in [5.41, 5.74) is 2.94. The van der Waals surface area contributed by atoms with Crippen LogP contribution in [0.1, 0.15) is 30.4 Å². The SMILES string of the molecule is Cc1ccc(NC(=O)C[C@H]2SC(=NC[C@H]3CCCO3)NC2=O)c(C)c1. The van der Waals surface area contributed by atoms with Crippen molar-refractivity contribution in [3.63, 3.8) is 0 Å². The average Bonchev–Trinajstić information content (AvgIpc) is 3.18. The van der Waals surface area contributed by atoms with Crippen molar-refractivity contribution in [2.75, 3.05) is 18.5 Å². The first-order chi connectivity index (χ1) is 12.0. The third-order valence-electron chi connectivity index (χ3n) is 4.27. The molecule has 2 aliphatic rings. The Morgan fingerprint density at radius 2 is 2.28 bits per heavy atom. The Morgan fingerprint density at radius 3 is 3.00 bits per heavy atom. The highest BCUT2D eigenvalue weighted by Gasteiger charge is 2.32. The zero-order valence-corrected chi connectivity index (χ0v) is 15.3. The molecule has 134 valence electrons. The summed E-state index contributed by atoms with van der Waals surface area (Å²) >= 11 is 1.32. The molecular weight excluding hydrogens is 338 g/mol. The summed E-state index contributed by atoms with van der Waals surface area (Å²) in [5.74, 6) is -0.327. The van der Waals surface area contributed by atoms with Crippen molar-refractivity contribution in [2.24, 2.45) is 4.99 Å². The van der Waals surface area contributed by atoms with Gasteiger partial charge < -0.3 is 15.4 Å². The number of aryl methyl sites for hydroxylation is 2. The number of amides is 2. The van der Waals surface area contributed by atoms with Crippen molar-refractivity contribution in [1.82, 2.24) is 5.32 Å². The zero-order valence-electron chi connectivity index (χ0n) is 14.5. The molecular formula is C18H23N3O3S. The number of aliphatic imine (C=N–C) groups is 1. The number of benzene rings is 1. The van der Waals surface area contributed by atoms with Gasteiger partial charge in [0.2, 0.25) is 11.8 Å². The van der Waals surface area contributed by atoms with E-state index in [1.807, 2.05) is 32.0 Å². The number of anilines is 1. The van der Waals surface area contributed by atoms with Crippen LogP contribution in [-0.2, 0) is 14.3 Å². The van der Waals surface area contributed by atoms with E-state index in [1.165, 1.54) is 11.8 Å². The Morgan fingerprint density at radius 1 is 1.44 bits per heavy atom. The Kier molecular flexibility index (Phi) is 5.75. The van der Waals surface area contributed by atoms with E-state index in [9.17, 15) is 9.59 Å². The smallest absolute Gasteiger partial charge is 0.240 e. The molecule has 7 heteroatoms. The highest BCUT2D eigenvalue weighted by molar-refractivity contribution is 8.15. The fourth-order valence-corrected chi connectivity index (χ4v) is 3.89. The minimum Gasteiger partial charge on any atom is -0.376 e. The third-order valence-corrected chi connectivity index (χ3v) is 5.39. The third kappa shape index (κ3) is 4.83. The number of amidine groups is 1. The molecule has 0 aromatic heterocycles. The summed E-state index contributed by atoms with van der Waals surface area (Å²) in [7, 11) is 0. The predicted molar refractivity (Wildman–Crippen MR) is 100.0 cm³/mol. The van der Waals surface area contributed by atoms with Crippen LogP contribution in [0.4, 0.5) is 5.69 Å². The van der Waals surface area contributed by atoms with Crippen LogP contribution in [0.5, 0.6) is 0 Å². The second kappa shape index (κ2) is 8.01. The van der Waals surface area contributed by atoms with Gasteiger partial charge in [0.05, 0.1) is 12.6 Å². The first-order valence-electron chi connectivity index (χ1n) is 8.52. The van der Waals surface area contributed by atoms with E-state index in [0.717, 1.165) is 36.3 Å². The van der Waals surface area contributed by atoms with E-state index in [0.29, 0.717) is 11.7 Å². The van der Waals surface area contributed by atoms with Crippen LogP contribution in [0.25, 0.3) is 0 Å². The van der Waals surface area contributed by atoms with E-state index in [1.54, 1.807) is 0 Å². The van der Waals surface area contributed by atoms with E-state index in [4.69, 9.17) is 4.74 Å². The molecule has 2 fully saturated rings. The number of hydrogen-bond acceptors (Lipinski definition) is 5. The van der Waals surface area contributed by atoms with Crippen LogP contribution in [0, 0.1) is 13.8 Å². The van der Waals surface area contributed by atoms with E-state index < -0.39 is 5.25 Å². The molecule has 0 bridgehead atoms. The lowest BCUT2D eigenvalue weighted by Gasteiger charge is -2.10. The lowest BCUT2D eigenvalue weighted by Crippen LogP contribution is -2.28.